The van der Waals surface area contributed by atoms with Gasteiger partial charge in [-0.1, -0.05) is 71.8 Å². The molecule has 0 aliphatic carbocycles. The average Bonchev–Trinajstić information content (AvgIpc) is 2.52. The smallest absolute Gasteiger partial charge is 0.300 e. The van der Waals surface area contributed by atoms with Crippen molar-refractivity contribution < 1.29 is 13.2 Å². The van der Waals surface area contributed by atoms with Gasteiger partial charge in [0.25, 0.3) is 0 Å². The number of unbranched alkanes of at least 4 members (excludes halogenated alkanes) is 6. The second kappa shape index (κ2) is 10.4. The Bertz CT molecular complexity index is 580. The van der Waals surface area contributed by atoms with Crippen LogP contribution in [0.1, 0.15) is 83.4 Å². The summed E-state index contributed by atoms with van der Waals surface area (Å²) in [5.74, 6) is 0.0545. The van der Waals surface area contributed by atoms with Crippen LogP contribution in [0.3, 0.4) is 0 Å². The highest BCUT2D eigenvalue weighted by Crippen LogP contribution is 2.32. The van der Waals surface area contributed by atoms with Gasteiger partial charge in [0, 0.05) is 6.04 Å². The lowest BCUT2D eigenvalue weighted by molar-refractivity contribution is -0.141. The predicted octanol–water partition coefficient (Wildman–Crippen LogP) is 6.81. The minimum Gasteiger partial charge on any atom is -0.300 e. The molecule has 0 aromatic carbocycles. The van der Waals surface area contributed by atoms with Crippen molar-refractivity contribution in [3.05, 3.63) is 23.4 Å². The Labute approximate surface area is 156 Å². The number of pyridine rings is 1. The number of anilines is 1. The van der Waals surface area contributed by atoms with Crippen LogP contribution in [0.15, 0.2) is 12.1 Å². The zero-order valence-electron chi connectivity index (χ0n) is 16.2. The topological polar surface area (TPSA) is 24.9 Å². The van der Waals surface area contributed by atoms with Gasteiger partial charge in [-0.2, -0.15) is 13.2 Å². The number of rotatable bonds is 10. The lowest BCUT2D eigenvalue weighted by Crippen LogP contribution is -2.13. The third kappa shape index (κ3) is 9.12. The zero-order chi connectivity index (χ0) is 19.6. The van der Waals surface area contributed by atoms with E-state index in [1.54, 1.807) is 0 Å². The minimum atomic E-state index is -4.46. The third-order valence-electron chi connectivity index (χ3n) is 4.32. The summed E-state index contributed by atoms with van der Waals surface area (Å²) in [7, 11) is 0. The van der Waals surface area contributed by atoms with E-state index in [0.29, 0.717) is 11.8 Å². The molecule has 0 aliphatic heterocycles. The second-order valence-electron chi connectivity index (χ2n) is 8.01. The highest BCUT2D eigenvalue weighted by atomic mass is 19.4. The van der Waals surface area contributed by atoms with E-state index in [1.807, 2.05) is 0 Å². The second-order valence-corrected chi connectivity index (χ2v) is 8.01. The molecule has 0 amide bonds. The van der Waals surface area contributed by atoms with Crippen molar-refractivity contribution in [3.63, 3.8) is 0 Å². The van der Waals surface area contributed by atoms with Crippen molar-refractivity contribution in [3.8, 4) is 12.5 Å². The van der Waals surface area contributed by atoms with Gasteiger partial charge in [0.05, 0.1) is 0 Å². The number of nitrogens with zero attached hydrogens (tertiary/aromatic N) is 1. The van der Waals surface area contributed by atoms with Gasteiger partial charge >= 0.3 is 6.18 Å². The average molecular weight is 368 g/mol. The van der Waals surface area contributed by atoms with Crippen LogP contribution < -0.4 is 5.32 Å². The van der Waals surface area contributed by atoms with E-state index >= 15 is 0 Å². The molecule has 0 atom stereocenters. The van der Waals surface area contributed by atoms with E-state index in [0.717, 1.165) is 25.7 Å². The largest absolute Gasteiger partial charge is 0.433 e. The molecule has 26 heavy (non-hydrogen) atoms. The number of hydrogen-bond donors (Lipinski definition) is 1. The number of terminal acetylenes is 1. The fourth-order valence-corrected chi connectivity index (χ4v) is 2.93. The van der Waals surface area contributed by atoms with Gasteiger partial charge in [-0.05, 0) is 36.3 Å². The number of hydrogen-bond acceptors (Lipinski definition) is 2. The van der Waals surface area contributed by atoms with Gasteiger partial charge in [0.15, 0.2) is 0 Å². The Morgan fingerprint density at radius 1 is 0.962 bits per heavy atom. The number of aryl methyl sites for hydroxylation is 1. The molecule has 1 N–H and O–H groups in total. The summed E-state index contributed by atoms with van der Waals surface area (Å²) in [6, 6.07) is 5.07. The number of aromatic nitrogens is 1. The molecule has 0 aliphatic rings. The highest BCUT2D eigenvalue weighted by Gasteiger charge is 2.35. The van der Waals surface area contributed by atoms with Gasteiger partial charge in [-0.3, -0.25) is 5.32 Å². The van der Waals surface area contributed by atoms with E-state index in [4.69, 9.17) is 6.42 Å². The van der Waals surface area contributed by atoms with Crippen molar-refractivity contribution in [2.24, 2.45) is 5.41 Å². The molecule has 0 unspecified atom stereocenters. The molecule has 1 rings (SSSR count). The molecule has 2 nitrogen and oxygen atoms in total. The van der Waals surface area contributed by atoms with Crippen molar-refractivity contribution in [1.29, 1.82) is 0 Å². The molecule has 0 saturated heterocycles. The quantitative estimate of drug-likeness (QED) is 0.279. The van der Waals surface area contributed by atoms with Crippen molar-refractivity contribution in [2.75, 3.05) is 5.32 Å². The SMILES string of the molecule is C#CNc1ccc(CCCCCCCCCC(C)(C)C)c(C(F)(F)F)n1. The number of alkyl halides is 3. The molecular formula is C21H31F3N2. The minimum absolute atomic E-state index is 0.0545. The van der Waals surface area contributed by atoms with Crippen LogP contribution in [-0.2, 0) is 12.6 Å². The molecule has 1 heterocycles. The van der Waals surface area contributed by atoms with Crippen molar-refractivity contribution in [1.82, 2.24) is 4.98 Å². The Hall–Kier alpha value is -1.70. The van der Waals surface area contributed by atoms with Gasteiger partial charge in [-0.25, -0.2) is 4.98 Å². The standard InChI is InChI=1S/C21H31F3N2/c1-5-25-18-15-14-17(19(26-18)21(22,23)24)13-11-9-7-6-8-10-12-16-20(2,3)4/h1,14-15H,6-13,16H2,2-4H3,(H,25,26). The Morgan fingerprint density at radius 3 is 2.08 bits per heavy atom. The number of nitrogens with one attached hydrogen (secondary N) is 1. The molecule has 0 fully saturated rings. The summed E-state index contributed by atoms with van der Waals surface area (Å²) in [6.45, 7) is 6.77. The maximum atomic E-state index is 13.2. The maximum absolute atomic E-state index is 13.2. The Balaban J connectivity index is 2.34. The summed E-state index contributed by atoms with van der Waals surface area (Å²) >= 11 is 0. The fraction of sp³-hybridized carbons (Fsp3) is 0.667. The summed E-state index contributed by atoms with van der Waals surface area (Å²) in [5.41, 5.74) is -0.194. The normalized spacial score (nSPS) is 12.0. The lowest BCUT2D eigenvalue weighted by Gasteiger charge is -2.17. The van der Waals surface area contributed by atoms with Crippen LogP contribution in [-0.4, -0.2) is 4.98 Å². The molecule has 0 bridgehead atoms. The highest BCUT2D eigenvalue weighted by molar-refractivity contribution is 5.43. The predicted molar refractivity (Wildman–Crippen MR) is 102 cm³/mol. The van der Waals surface area contributed by atoms with Gasteiger partial charge < -0.3 is 0 Å². The van der Waals surface area contributed by atoms with E-state index in [1.165, 1.54) is 37.8 Å². The van der Waals surface area contributed by atoms with Crippen molar-refractivity contribution in [2.45, 2.75) is 84.7 Å². The first-order valence-corrected chi connectivity index (χ1v) is 9.42. The van der Waals surface area contributed by atoms with E-state index < -0.39 is 11.9 Å². The lowest BCUT2D eigenvalue weighted by atomic mass is 9.89. The summed E-state index contributed by atoms with van der Waals surface area (Å²) in [4.78, 5) is 3.62. The van der Waals surface area contributed by atoms with Crippen LogP contribution in [0, 0.1) is 17.9 Å². The van der Waals surface area contributed by atoms with Crippen molar-refractivity contribution >= 4 is 5.82 Å². The number of halogens is 3. The molecule has 5 heteroatoms. The zero-order valence-corrected chi connectivity index (χ0v) is 16.2. The summed E-state index contributed by atoms with van der Waals surface area (Å²) in [6.07, 6.45) is 9.83. The molecule has 0 spiro atoms. The molecule has 146 valence electrons. The van der Waals surface area contributed by atoms with Gasteiger partial charge in [-0.15, -0.1) is 0 Å². The van der Waals surface area contributed by atoms with E-state index in [2.05, 4.69) is 37.1 Å². The first-order chi connectivity index (χ1) is 12.1. The summed E-state index contributed by atoms with van der Waals surface area (Å²) in [5, 5.41) is 2.37. The van der Waals surface area contributed by atoms with Crippen LogP contribution in [0.25, 0.3) is 0 Å². The first kappa shape index (κ1) is 22.3. The molecule has 0 saturated carbocycles. The molecule has 1 aromatic heterocycles. The van der Waals surface area contributed by atoms with Gasteiger partial charge in [0.1, 0.15) is 11.5 Å². The van der Waals surface area contributed by atoms with Gasteiger partial charge in [0.2, 0.25) is 0 Å². The molecule has 1 aromatic rings. The first-order valence-electron chi connectivity index (χ1n) is 9.42. The van der Waals surface area contributed by atoms with E-state index in [9.17, 15) is 13.2 Å². The van der Waals surface area contributed by atoms with Crippen LogP contribution in [0.5, 0.6) is 0 Å². The van der Waals surface area contributed by atoms with Crippen LogP contribution in [0.4, 0.5) is 19.0 Å². The Morgan fingerprint density at radius 2 is 1.54 bits per heavy atom. The monoisotopic (exact) mass is 368 g/mol. The summed E-state index contributed by atoms with van der Waals surface area (Å²) < 4.78 is 39.5. The Kier molecular flexibility index (Phi) is 8.98. The van der Waals surface area contributed by atoms with E-state index in [-0.39, 0.29) is 11.4 Å². The fourth-order valence-electron chi connectivity index (χ4n) is 2.93. The molecular weight excluding hydrogens is 337 g/mol. The molecule has 0 radical (unpaired) electrons. The van der Waals surface area contributed by atoms with Crippen LogP contribution >= 0.6 is 0 Å². The third-order valence-corrected chi connectivity index (χ3v) is 4.32. The van der Waals surface area contributed by atoms with Crippen LogP contribution in [0.2, 0.25) is 0 Å². The maximum Gasteiger partial charge on any atom is 0.433 e.